The van der Waals surface area contributed by atoms with Crippen LogP contribution < -0.4 is 9.47 Å². The van der Waals surface area contributed by atoms with E-state index in [9.17, 15) is 4.79 Å². The number of pyridine rings is 1. The summed E-state index contributed by atoms with van der Waals surface area (Å²) in [5.74, 6) is 1.47. The molecule has 0 bridgehead atoms. The van der Waals surface area contributed by atoms with Crippen molar-refractivity contribution in [2.45, 2.75) is 17.1 Å². The van der Waals surface area contributed by atoms with Crippen molar-refractivity contribution in [3.63, 3.8) is 0 Å². The van der Waals surface area contributed by atoms with Crippen LogP contribution >= 0.6 is 35.0 Å². The van der Waals surface area contributed by atoms with Crippen LogP contribution in [0.4, 0.5) is 0 Å². The average Bonchev–Trinajstić information content (AvgIpc) is 2.83. The maximum Gasteiger partial charge on any atom is 0.330 e. The summed E-state index contributed by atoms with van der Waals surface area (Å²) < 4.78 is 15.9. The van der Waals surface area contributed by atoms with Crippen LogP contribution in [0.25, 0.3) is 6.08 Å². The number of methoxy groups -OCH3 is 2. The van der Waals surface area contributed by atoms with Crippen LogP contribution in [0.2, 0.25) is 10.0 Å². The maximum atomic E-state index is 11.6. The second-order valence-corrected chi connectivity index (χ2v) is 8.63. The van der Waals surface area contributed by atoms with Gasteiger partial charge in [0.2, 0.25) is 0 Å². The molecule has 3 rings (SSSR count). The summed E-state index contributed by atoms with van der Waals surface area (Å²) in [4.78, 5) is 17.1. The van der Waals surface area contributed by atoms with Crippen molar-refractivity contribution in [1.82, 2.24) is 4.98 Å². The molecular formula is C25H23Cl2NO4S. The average molecular weight is 504 g/mol. The highest BCUT2D eigenvalue weighted by Gasteiger charge is 2.10. The molecule has 0 saturated heterocycles. The van der Waals surface area contributed by atoms with Gasteiger partial charge in [0.1, 0.15) is 17.2 Å². The van der Waals surface area contributed by atoms with Crippen molar-refractivity contribution >= 4 is 47.0 Å². The number of halogens is 2. The fourth-order valence-corrected chi connectivity index (χ4v) is 4.47. The van der Waals surface area contributed by atoms with Gasteiger partial charge in [-0.15, -0.1) is 11.8 Å². The van der Waals surface area contributed by atoms with E-state index in [-0.39, 0.29) is 0 Å². The third kappa shape index (κ3) is 7.42. The number of carbonyl (C=O) groups excluding carboxylic acids is 1. The third-order valence-electron chi connectivity index (χ3n) is 4.61. The van der Waals surface area contributed by atoms with E-state index >= 15 is 0 Å². The van der Waals surface area contributed by atoms with E-state index in [1.54, 1.807) is 31.4 Å². The molecular weight excluding hydrogens is 481 g/mol. The quantitative estimate of drug-likeness (QED) is 0.179. The number of aromatic nitrogens is 1. The zero-order valence-corrected chi connectivity index (χ0v) is 20.5. The Morgan fingerprint density at radius 1 is 1.03 bits per heavy atom. The standard InChI is InChI=1S/C25H23Cl2NO4S/c1-30-19-9-6-17(7-10-19)14-15-32-23-12-8-18(28-22(23)11-13-24(29)31-2)16-33-25-20(26)4-3-5-21(25)27/h3-13H,14-16H2,1-2H3. The van der Waals surface area contributed by atoms with Gasteiger partial charge >= 0.3 is 5.97 Å². The van der Waals surface area contributed by atoms with Gasteiger partial charge in [0.05, 0.1) is 36.6 Å². The predicted molar refractivity (Wildman–Crippen MR) is 134 cm³/mol. The Hall–Kier alpha value is -2.67. The van der Waals surface area contributed by atoms with Crippen molar-refractivity contribution in [2.24, 2.45) is 0 Å². The first-order chi connectivity index (χ1) is 16.0. The highest BCUT2D eigenvalue weighted by atomic mass is 35.5. The highest BCUT2D eigenvalue weighted by Crippen LogP contribution is 2.35. The number of hydrogen-bond acceptors (Lipinski definition) is 6. The summed E-state index contributed by atoms with van der Waals surface area (Å²) in [6.07, 6.45) is 3.62. The van der Waals surface area contributed by atoms with E-state index < -0.39 is 5.97 Å². The molecule has 1 aromatic heterocycles. The lowest BCUT2D eigenvalue weighted by atomic mass is 10.1. The van der Waals surface area contributed by atoms with Crippen LogP contribution in [0, 0.1) is 0 Å². The Morgan fingerprint density at radius 3 is 2.42 bits per heavy atom. The molecule has 0 aliphatic heterocycles. The molecule has 0 N–H and O–H groups in total. The predicted octanol–water partition coefficient (Wildman–Crippen LogP) is 6.50. The van der Waals surface area contributed by atoms with Crippen molar-refractivity contribution in [3.05, 3.63) is 87.7 Å². The Kier molecular flexibility index (Phi) is 9.48. The molecule has 0 fully saturated rings. The summed E-state index contributed by atoms with van der Waals surface area (Å²) in [6, 6.07) is 17.0. The van der Waals surface area contributed by atoms with Gasteiger partial charge in [0, 0.05) is 23.1 Å². The second-order valence-electron chi connectivity index (χ2n) is 6.83. The van der Waals surface area contributed by atoms with E-state index in [4.69, 9.17) is 37.4 Å². The first kappa shape index (κ1) is 25.0. The lowest BCUT2D eigenvalue weighted by Gasteiger charge is -2.11. The number of hydrogen-bond donors (Lipinski definition) is 0. The molecule has 5 nitrogen and oxygen atoms in total. The van der Waals surface area contributed by atoms with Gasteiger partial charge in [-0.05, 0) is 48.0 Å². The molecule has 1 heterocycles. The van der Waals surface area contributed by atoms with Crippen molar-refractivity contribution in [1.29, 1.82) is 0 Å². The third-order valence-corrected chi connectivity index (χ3v) is 6.64. The molecule has 0 unspecified atom stereocenters. The highest BCUT2D eigenvalue weighted by molar-refractivity contribution is 7.98. The second kappa shape index (κ2) is 12.5. The molecule has 0 spiro atoms. The Labute approximate surface area is 207 Å². The number of esters is 1. The Balaban J connectivity index is 1.71. The molecule has 0 amide bonds. The van der Waals surface area contributed by atoms with Gasteiger partial charge in [-0.3, -0.25) is 0 Å². The van der Waals surface area contributed by atoms with E-state index in [0.29, 0.717) is 40.3 Å². The van der Waals surface area contributed by atoms with Crippen LogP contribution in [-0.4, -0.2) is 31.8 Å². The minimum atomic E-state index is -0.469. The van der Waals surface area contributed by atoms with Crippen LogP contribution in [0.3, 0.4) is 0 Å². The fraction of sp³-hybridized carbons (Fsp3) is 0.200. The van der Waals surface area contributed by atoms with Gasteiger partial charge in [-0.2, -0.15) is 0 Å². The Morgan fingerprint density at radius 2 is 1.76 bits per heavy atom. The van der Waals surface area contributed by atoms with Gasteiger partial charge in [0.15, 0.2) is 0 Å². The lowest BCUT2D eigenvalue weighted by Crippen LogP contribution is -2.04. The van der Waals surface area contributed by atoms with Crippen molar-refractivity contribution < 1.29 is 19.0 Å². The largest absolute Gasteiger partial charge is 0.497 e. The smallest absolute Gasteiger partial charge is 0.330 e. The minimum Gasteiger partial charge on any atom is -0.497 e. The Bertz CT molecular complexity index is 1100. The van der Waals surface area contributed by atoms with Gasteiger partial charge in [0.25, 0.3) is 0 Å². The van der Waals surface area contributed by atoms with E-state index in [0.717, 1.165) is 21.9 Å². The topological polar surface area (TPSA) is 57.7 Å². The van der Waals surface area contributed by atoms with Crippen LogP contribution in [-0.2, 0) is 21.7 Å². The van der Waals surface area contributed by atoms with Gasteiger partial charge in [-0.1, -0.05) is 41.4 Å². The van der Waals surface area contributed by atoms with Crippen LogP contribution in [0.5, 0.6) is 11.5 Å². The van der Waals surface area contributed by atoms with Crippen molar-refractivity contribution in [3.8, 4) is 11.5 Å². The molecule has 3 aromatic rings. The number of thioether (sulfide) groups is 1. The maximum absolute atomic E-state index is 11.6. The van der Waals surface area contributed by atoms with Crippen molar-refractivity contribution in [2.75, 3.05) is 20.8 Å². The number of nitrogens with zero attached hydrogens (tertiary/aromatic N) is 1. The molecule has 8 heteroatoms. The number of rotatable bonds is 10. The number of carbonyl (C=O) groups is 1. The summed E-state index contributed by atoms with van der Waals surface area (Å²) in [7, 11) is 2.96. The minimum absolute atomic E-state index is 0.455. The molecule has 0 radical (unpaired) electrons. The van der Waals surface area contributed by atoms with Crippen LogP contribution in [0.15, 0.2) is 65.6 Å². The zero-order chi connectivity index (χ0) is 23.6. The molecule has 0 aliphatic carbocycles. The van der Waals surface area contributed by atoms with E-state index in [2.05, 4.69) is 4.98 Å². The van der Waals surface area contributed by atoms with Gasteiger partial charge in [-0.25, -0.2) is 9.78 Å². The SMILES string of the molecule is COC(=O)C=Cc1nc(CSc2c(Cl)cccc2Cl)ccc1OCCc1ccc(OC)cc1. The fourth-order valence-electron chi connectivity index (χ4n) is 2.88. The number of benzene rings is 2. The lowest BCUT2D eigenvalue weighted by molar-refractivity contribution is -0.134. The molecule has 0 saturated carbocycles. The molecule has 2 aromatic carbocycles. The van der Waals surface area contributed by atoms with E-state index in [1.165, 1.54) is 24.9 Å². The summed E-state index contributed by atoms with van der Waals surface area (Å²) in [5, 5.41) is 1.19. The molecule has 0 atom stereocenters. The first-order valence-corrected chi connectivity index (χ1v) is 11.8. The summed E-state index contributed by atoms with van der Waals surface area (Å²) in [5.41, 5.74) is 2.46. The zero-order valence-electron chi connectivity index (χ0n) is 18.2. The molecule has 172 valence electrons. The molecule has 33 heavy (non-hydrogen) atoms. The monoisotopic (exact) mass is 503 g/mol. The normalized spacial score (nSPS) is 10.9. The summed E-state index contributed by atoms with van der Waals surface area (Å²) in [6.45, 7) is 0.455. The summed E-state index contributed by atoms with van der Waals surface area (Å²) >= 11 is 14.0. The molecule has 0 aliphatic rings. The van der Waals surface area contributed by atoms with E-state index in [1.807, 2.05) is 36.4 Å². The number of ether oxygens (including phenoxy) is 3. The van der Waals surface area contributed by atoms with Crippen LogP contribution in [0.1, 0.15) is 17.0 Å². The first-order valence-electron chi connectivity index (χ1n) is 10.1. The van der Waals surface area contributed by atoms with Gasteiger partial charge < -0.3 is 14.2 Å².